The zero-order valence-electron chi connectivity index (χ0n) is 31.5. The first kappa shape index (κ1) is 40.1. The van der Waals surface area contributed by atoms with Gasteiger partial charge < -0.3 is 46.1 Å². The van der Waals surface area contributed by atoms with Crippen LogP contribution in [0, 0.1) is 0 Å². The lowest BCUT2D eigenvalue weighted by molar-refractivity contribution is -0.252. The van der Waals surface area contributed by atoms with E-state index < -0.39 is 12.4 Å². The Morgan fingerprint density at radius 1 is 0.821 bits per heavy atom. The minimum atomic E-state index is -0.780. The number of hydrogen-bond donors (Lipinski definition) is 6. The molecule has 0 bridgehead atoms. The second-order valence-corrected chi connectivity index (χ2v) is 14.3. The van der Waals surface area contributed by atoms with Crippen molar-refractivity contribution in [1.29, 1.82) is 0 Å². The number of rotatable bonds is 16. The molecule has 0 spiro atoms. The highest BCUT2D eigenvalue weighted by Crippen LogP contribution is 2.39. The van der Waals surface area contributed by atoms with Gasteiger partial charge in [0.2, 0.25) is 11.8 Å². The summed E-state index contributed by atoms with van der Waals surface area (Å²) in [5.41, 5.74) is 13.2. The Morgan fingerprint density at radius 2 is 1.55 bits per heavy atom. The molecule has 292 valence electrons. The Kier molecular flexibility index (Phi) is 13.9. The largest absolute Gasteiger partial charge is 0.508 e. The monoisotopic (exact) mass is 758 g/mol. The summed E-state index contributed by atoms with van der Waals surface area (Å²) in [4.78, 5) is 26.9. The molecule has 0 radical (unpaired) electrons. The number of aliphatic hydroxyl groups excluding tert-OH is 2. The van der Waals surface area contributed by atoms with Crippen LogP contribution < -0.4 is 16.4 Å². The quantitative estimate of drug-likeness (QED) is 0.0596. The highest BCUT2D eigenvalue weighted by atomic mass is 16.7. The third-order valence-corrected chi connectivity index (χ3v) is 9.85. The molecule has 1 aliphatic heterocycles. The Balaban J connectivity index is 1.05. The number of nitrogens with zero attached hydrogens (tertiary/aromatic N) is 1. The number of nitrogen functional groups attached to an aromatic ring is 1. The van der Waals surface area contributed by atoms with Crippen molar-refractivity contribution in [2.75, 3.05) is 31.2 Å². The van der Waals surface area contributed by atoms with Crippen LogP contribution in [0.15, 0.2) is 121 Å². The third-order valence-electron chi connectivity index (χ3n) is 9.85. The lowest BCUT2D eigenvalue weighted by Gasteiger charge is -2.38. The zero-order valence-corrected chi connectivity index (χ0v) is 31.5. The van der Waals surface area contributed by atoms with Gasteiger partial charge in [-0.2, -0.15) is 0 Å². The number of amides is 2. The van der Waals surface area contributed by atoms with Gasteiger partial charge >= 0.3 is 0 Å². The Morgan fingerprint density at radius 3 is 2.30 bits per heavy atom. The van der Waals surface area contributed by atoms with E-state index >= 15 is 0 Å². The number of benzene rings is 5. The van der Waals surface area contributed by atoms with Gasteiger partial charge in [0.25, 0.3) is 0 Å². The van der Waals surface area contributed by atoms with Gasteiger partial charge in [-0.25, -0.2) is 0 Å². The minimum Gasteiger partial charge on any atom is -0.508 e. The first-order chi connectivity index (χ1) is 27.1. The molecule has 1 saturated heterocycles. The Bertz CT molecular complexity index is 2060. The van der Waals surface area contributed by atoms with Crippen LogP contribution in [0.2, 0.25) is 0 Å². The molecular formula is C45H50N4O7. The molecule has 11 heteroatoms. The molecule has 6 rings (SSSR count). The molecule has 1 aliphatic rings. The number of para-hydroxylation sites is 2. The molecule has 0 unspecified atom stereocenters. The summed E-state index contributed by atoms with van der Waals surface area (Å²) in [5.74, 6) is -0.200. The van der Waals surface area contributed by atoms with Gasteiger partial charge in [0.05, 0.1) is 36.3 Å². The molecule has 1 fully saturated rings. The zero-order chi connectivity index (χ0) is 39.4. The van der Waals surface area contributed by atoms with E-state index in [-0.39, 0.29) is 49.2 Å². The van der Waals surface area contributed by atoms with Gasteiger partial charge in [0, 0.05) is 44.5 Å². The fraction of sp³-hybridized carbons (Fsp3) is 0.289. The lowest BCUT2D eigenvalue weighted by Crippen LogP contribution is -2.39. The summed E-state index contributed by atoms with van der Waals surface area (Å²) in [5, 5.41) is 36.1. The van der Waals surface area contributed by atoms with Crippen LogP contribution in [-0.4, -0.2) is 58.3 Å². The Labute approximate surface area is 327 Å². The van der Waals surface area contributed by atoms with Crippen molar-refractivity contribution in [3.8, 4) is 16.9 Å². The van der Waals surface area contributed by atoms with Gasteiger partial charge in [-0.15, -0.1) is 0 Å². The van der Waals surface area contributed by atoms with Crippen molar-refractivity contribution in [3.05, 3.63) is 149 Å². The lowest BCUT2D eigenvalue weighted by atomic mass is 9.99. The average Bonchev–Trinajstić information content (AvgIpc) is 3.21. The molecule has 56 heavy (non-hydrogen) atoms. The highest BCUT2D eigenvalue weighted by molar-refractivity contribution is 5.94. The van der Waals surface area contributed by atoms with Crippen LogP contribution >= 0.6 is 0 Å². The van der Waals surface area contributed by atoms with Crippen molar-refractivity contribution >= 4 is 23.2 Å². The van der Waals surface area contributed by atoms with Crippen LogP contribution in [0.3, 0.4) is 0 Å². The maximum absolute atomic E-state index is 12.6. The summed E-state index contributed by atoms with van der Waals surface area (Å²) in [6.07, 6.45) is -0.422. The van der Waals surface area contributed by atoms with Crippen LogP contribution in [0.1, 0.15) is 72.0 Å². The number of carbonyl (C=O) groups excluding carboxylic acids is 2. The normalized spacial score (nSPS) is 17.3. The number of nitrogens with two attached hydrogens (primary N) is 1. The summed E-state index contributed by atoms with van der Waals surface area (Å²) >= 11 is 0. The molecule has 4 atom stereocenters. The predicted octanol–water partition coefficient (Wildman–Crippen LogP) is 6.77. The smallest absolute Gasteiger partial charge is 0.224 e. The van der Waals surface area contributed by atoms with Gasteiger partial charge in [-0.1, -0.05) is 91.0 Å². The summed E-state index contributed by atoms with van der Waals surface area (Å²) in [6.45, 7) is 1.22. The van der Waals surface area contributed by atoms with E-state index in [9.17, 15) is 24.9 Å². The second-order valence-electron chi connectivity index (χ2n) is 14.3. The molecule has 7 N–H and O–H groups in total. The molecule has 11 nitrogen and oxygen atoms in total. The number of phenols is 1. The number of phenolic OH excluding ortho intramolecular Hbond substituents is 1. The van der Waals surface area contributed by atoms with Crippen LogP contribution in [0.4, 0.5) is 11.4 Å². The molecule has 1 heterocycles. The van der Waals surface area contributed by atoms with Crippen LogP contribution in [0.5, 0.6) is 5.75 Å². The maximum Gasteiger partial charge on any atom is 0.224 e. The average molecular weight is 759 g/mol. The first-order valence-electron chi connectivity index (χ1n) is 18.9. The highest BCUT2D eigenvalue weighted by Gasteiger charge is 2.33. The fourth-order valence-corrected chi connectivity index (χ4v) is 6.80. The Hall–Kier alpha value is -5.56. The van der Waals surface area contributed by atoms with Gasteiger partial charge in [0.1, 0.15) is 5.75 Å². The van der Waals surface area contributed by atoms with Gasteiger partial charge in [-0.05, 0) is 77.2 Å². The summed E-state index contributed by atoms with van der Waals surface area (Å²) < 4.78 is 13.1. The number of nitrogens with one attached hydrogen (secondary N) is 2. The van der Waals surface area contributed by atoms with Crippen molar-refractivity contribution in [1.82, 2.24) is 10.2 Å². The number of likely N-dealkylation sites (N-methyl/N-ethyl adjacent to an activating group) is 1. The fourth-order valence-electron chi connectivity index (χ4n) is 6.80. The number of ether oxygens (including phenoxy) is 2. The van der Waals surface area contributed by atoms with E-state index in [4.69, 9.17) is 15.2 Å². The summed E-state index contributed by atoms with van der Waals surface area (Å²) in [6, 6.07) is 37.5. The van der Waals surface area contributed by atoms with E-state index in [0.717, 1.165) is 33.4 Å². The van der Waals surface area contributed by atoms with E-state index in [1.165, 1.54) is 0 Å². The minimum absolute atomic E-state index is 0.0373. The SMILES string of the molecule is CN(C[C@H]1C[C@@H](c2ccc(CO)cc2)O[C@@H](c2ccc(-c3cccc(CNC(=O)CCCC(=O)Nc4ccccc4N)c3)cc2)O1)C[C@@H](O)c1cccc(O)c1. The predicted molar refractivity (Wildman–Crippen MR) is 216 cm³/mol. The standard InChI is InChI=1S/C45H50N4O7/c1-49(28-41(52)36-9-5-10-37(51)24-36)27-38-25-42(33-17-15-30(29-50)16-18-33)56-45(55-38)34-21-19-32(20-22-34)35-8-4-7-31(23-35)26-47-43(53)13-6-14-44(54)48-40-12-3-2-11-39(40)46/h2-5,7-12,15-24,38,41-42,45,50-52H,6,13-14,25-29,46H2,1H3,(H,47,53)(H,48,54)/t38-,41-,42+,45+/m1/s1. The molecular weight excluding hydrogens is 709 g/mol. The number of aromatic hydroxyl groups is 1. The van der Waals surface area contributed by atoms with Crippen molar-refractivity contribution < 1.29 is 34.4 Å². The van der Waals surface area contributed by atoms with Gasteiger partial charge in [0.15, 0.2) is 6.29 Å². The van der Waals surface area contributed by atoms with Crippen LogP contribution in [0.25, 0.3) is 11.1 Å². The van der Waals surface area contributed by atoms with E-state index in [1.54, 1.807) is 48.5 Å². The molecule has 0 saturated carbocycles. The number of carbonyl (C=O) groups is 2. The second kappa shape index (κ2) is 19.3. The summed E-state index contributed by atoms with van der Waals surface area (Å²) in [7, 11) is 1.94. The molecule has 2 amide bonds. The van der Waals surface area contributed by atoms with Crippen molar-refractivity contribution in [2.24, 2.45) is 0 Å². The molecule has 5 aromatic rings. The van der Waals surface area contributed by atoms with E-state index in [0.29, 0.717) is 49.4 Å². The molecule has 0 aliphatic carbocycles. The number of aliphatic hydroxyl groups is 2. The van der Waals surface area contributed by atoms with Crippen molar-refractivity contribution in [2.45, 2.75) is 63.4 Å². The molecule has 5 aromatic carbocycles. The van der Waals surface area contributed by atoms with E-state index in [1.807, 2.05) is 84.7 Å². The number of anilines is 2. The van der Waals surface area contributed by atoms with Gasteiger partial charge in [-0.3, -0.25) is 9.59 Å². The van der Waals surface area contributed by atoms with E-state index in [2.05, 4.69) is 10.6 Å². The first-order valence-corrected chi connectivity index (χ1v) is 18.9. The molecule has 0 aromatic heterocycles. The van der Waals surface area contributed by atoms with Crippen LogP contribution in [-0.2, 0) is 32.2 Å². The third kappa shape index (κ3) is 11.2. The number of hydrogen-bond acceptors (Lipinski definition) is 9. The van der Waals surface area contributed by atoms with Crippen molar-refractivity contribution in [3.63, 3.8) is 0 Å². The topological polar surface area (TPSA) is 167 Å². The maximum atomic E-state index is 12.6.